The van der Waals surface area contributed by atoms with Gasteiger partial charge in [-0.2, -0.15) is 0 Å². The Morgan fingerprint density at radius 3 is 1.04 bits per heavy atom. The highest BCUT2D eigenvalue weighted by Gasteiger charge is 2.42. The van der Waals surface area contributed by atoms with Crippen molar-refractivity contribution in [2.24, 2.45) is 0 Å². The zero-order valence-electron chi connectivity index (χ0n) is 17.7. The average Bonchev–Trinajstić information content (AvgIpc) is 2.58. The molecule has 26 heavy (non-hydrogen) atoms. The summed E-state index contributed by atoms with van der Waals surface area (Å²) in [5.74, 6) is 0. The topological polar surface area (TPSA) is 36.9 Å². The van der Waals surface area contributed by atoms with E-state index in [1.165, 1.54) is 0 Å². The molecule has 0 aliphatic carbocycles. The summed E-state index contributed by atoms with van der Waals surface area (Å²) < 4.78 is 24.3. The highest BCUT2D eigenvalue weighted by atomic mass is 33.7. The molecule has 0 fully saturated rings. The Hall–Kier alpha value is 1.67. The first-order valence-electron chi connectivity index (χ1n) is 9.58. The van der Waals surface area contributed by atoms with E-state index in [0.29, 0.717) is 9.75 Å². The molecule has 4 nitrogen and oxygen atoms in total. The Bertz CT molecular complexity index is 312. The van der Waals surface area contributed by atoms with Crippen LogP contribution in [-0.4, -0.2) is 53.3 Å². The summed E-state index contributed by atoms with van der Waals surface area (Å²) in [6, 6.07) is 0. The Labute approximate surface area is 179 Å². The van der Waals surface area contributed by atoms with Crippen LogP contribution < -0.4 is 0 Å². The summed E-state index contributed by atoms with van der Waals surface area (Å²) >= 11 is 0. The third-order valence-electron chi connectivity index (χ3n) is 3.97. The quantitative estimate of drug-likeness (QED) is 0.132. The van der Waals surface area contributed by atoms with E-state index in [9.17, 15) is 0 Å². The van der Waals surface area contributed by atoms with Gasteiger partial charge in [0, 0.05) is 26.4 Å². The maximum absolute atomic E-state index is 6.07. The fraction of sp³-hybridized carbons (Fsp3) is 1.00. The van der Waals surface area contributed by atoms with E-state index < -0.39 is 17.1 Å². The van der Waals surface area contributed by atoms with E-state index in [0.717, 1.165) is 39.3 Å². The summed E-state index contributed by atoms with van der Waals surface area (Å²) in [4.78, 5) is 0.839. The van der Waals surface area contributed by atoms with Crippen molar-refractivity contribution in [3.05, 3.63) is 0 Å². The standard InChI is InChI=1S/C16H38O4S4Si2/c1-9-15(25(7,17-11-3)18-12-4)21-23-24-22-16(10-2)26(8,19-13-5)20-14-6/h15-16H,9-14H2,1-8H3. The largest absolute Gasteiger partial charge is 0.394 e. The van der Waals surface area contributed by atoms with Gasteiger partial charge >= 0.3 is 17.1 Å². The molecule has 0 rings (SSSR count). The lowest BCUT2D eigenvalue weighted by atomic mass is 10.6. The van der Waals surface area contributed by atoms with E-state index >= 15 is 0 Å². The average molecular weight is 479 g/mol. The van der Waals surface area contributed by atoms with Crippen molar-refractivity contribution in [2.75, 3.05) is 26.4 Å². The molecule has 0 aromatic carbocycles. The van der Waals surface area contributed by atoms with Gasteiger partial charge in [0.1, 0.15) is 0 Å². The van der Waals surface area contributed by atoms with Gasteiger partial charge in [-0.1, -0.05) is 35.4 Å². The summed E-state index contributed by atoms with van der Waals surface area (Å²) in [5, 5.41) is 0. The Morgan fingerprint density at radius 2 is 0.846 bits per heavy atom. The van der Waals surface area contributed by atoms with Crippen molar-refractivity contribution >= 4 is 58.4 Å². The highest BCUT2D eigenvalue weighted by Crippen LogP contribution is 2.50. The SMILES string of the molecule is CCO[Si](C)(OCC)C(CC)SSSSC(CC)[Si](C)(OCC)OCC. The smallest absolute Gasteiger partial charge is 0.349 e. The lowest BCUT2D eigenvalue weighted by Crippen LogP contribution is -2.49. The molecule has 0 heterocycles. The molecule has 2 atom stereocenters. The van der Waals surface area contributed by atoms with Gasteiger partial charge < -0.3 is 17.7 Å². The van der Waals surface area contributed by atoms with Gasteiger partial charge in [0.05, 0.1) is 9.75 Å². The summed E-state index contributed by atoms with van der Waals surface area (Å²) in [6.45, 7) is 19.9. The van der Waals surface area contributed by atoms with Crippen molar-refractivity contribution in [1.82, 2.24) is 0 Å². The zero-order valence-corrected chi connectivity index (χ0v) is 22.9. The maximum Gasteiger partial charge on any atom is 0.349 e. The molecule has 0 N–H and O–H groups in total. The summed E-state index contributed by atoms with van der Waals surface area (Å²) in [6.07, 6.45) is 2.13. The van der Waals surface area contributed by atoms with Gasteiger partial charge in [-0.3, -0.25) is 0 Å². The van der Waals surface area contributed by atoms with Crippen LogP contribution in [0.15, 0.2) is 0 Å². The maximum atomic E-state index is 6.07. The fourth-order valence-corrected chi connectivity index (χ4v) is 21.1. The van der Waals surface area contributed by atoms with E-state index in [-0.39, 0.29) is 0 Å². The van der Waals surface area contributed by atoms with Crippen molar-refractivity contribution in [3.8, 4) is 0 Å². The summed E-state index contributed by atoms with van der Waals surface area (Å²) in [7, 11) is 3.20. The minimum Gasteiger partial charge on any atom is -0.394 e. The number of rotatable bonds is 17. The van der Waals surface area contributed by atoms with E-state index in [2.05, 4.69) is 54.6 Å². The van der Waals surface area contributed by atoms with Crippen LogP contribution >= 0.6 is 41.2 Å². The molecule has 0 aliphatic heterocycles. The molecule has 0 bridgehead atoms. The van der Waals surface area contributed by atoms with Crippen molar-refractivity contribution in [3.63, 3.8) is 0 Å². The minimum absolute atomic E-state index is 0.419. The molecule has 0 aromatic rings. The van der Waals surface area contributed by atoms with Gasteiger partial charge in [0.2, 0.25) is 0 Å². The first kappa shape index (κ1) is 27.7. The molecule has 10 heteroatoms. The Balaban J connectivity index is 4.66. The molecule has 0 aliphatic rings. The van der Waals surface area contributed by atoms with Crippen LogP contribution in [0.25, 0.3) is 0 Å². The molecule has 0 spiro atoms. The first-order valence-corrected chi connectivity index (χ1v) is 19.3. The van der Waals surface area contributed by atoms with Crippen molar-refractivity contribution in [2.45, 2.75) is 77.2 Å². The van der Waals surface area contributed by atoms with Crippen LogP contribution in [0.1, 0.15) is 54.4 Å². The second kappa shape index (κ2) is 15.5. The predicted octanol–water partition coefficient (Wildman–Crippen LogP) is 6.59. The third-order valence-corrected chi connectivity index (χ3v) is 21.7. The Morgan fingerprint density at radius 1 is 0.577 bits per heavy atom. The van der Waals surface area contributed by atoms with E-state index in [1.54, 1.807) is 0 Å². The lowest BCUT2D eigenvalue weighted by molar-refractivity contribution is 0.186. The van der Waals surface area contributed by atoms with Crippen molar-refractivity contribution < 1.29 is 17.7 Å². The van der Waals surface area contributed by atoms with Crippen LogP contribution in [0.5, 0.6) is 0 Å². The van der Waals surface area contributed by atoms with Gasteiger partial charge in [0.15, 0.2) is 0 Å². The Kier molecular flexibility index (Phi) is 16.5. The van der Waals surface area contributed by atoms with Gasteiger partial charge in [-0.05, 0) is 73.3 Å². The van der Waals surface area contributed by atoms with Crippen LogP contribution in [0.2, 0.25) is 13.1 Å². The molecular formula is C16H38O4S4Si2. The monoisotopic (exact) mass is 478 g/mol. The molecule has 0 amide bonds. The van der Waals surface area contributed by atoms with Crippen LogP contribution in [-0.2, 0) is 17.7 Å². The first-order chi connectivity index (χ1) is 12.4. The fourth-order valence-electron chi connectivity index (χ4n) is 2.78. The van der Waals surface area contributed by atoms with Crippen LogP contribution in [0.3, 0.4) is 0 Å². The number of hydrogen-bond acceptors (Lipinski definition) is 8. The van der Waals surface area contributed by atoms with Crippen LogP contribution in [0.4, 0.5) is 0 Å². The molecular weight excluding hydrogens is 441 g/mol. The van der Waals surface area contributed by atoms with Crippen LogP contribution in [0, 0.1) is 0 Å². The lowest BCUT2D eigenvalue weighted by Gasteiger charge is -2.33. The van der Waals surface area contributed by atoms with E-state index in [4.69, 9.17) is 17.7 Å². The summed E-state index contributed by atoms with van der Waals surface area (Å²) in [5.41, 5.74) is 0. The molecule has 2 unspecified atom stereocenters. The molecule has 158 valence electrons. The second-order valence-corrected chi connectivity index (χ2v) is 19.6. The minimum atomic E-state index is -2.15. The molecule has 0 aromatic heterocycles. The highest BCUT2D eigenvalue weighted by molar-refractivity contribution is 9.26. The van der Waals surface area contributed by atoms with Gasteiger partial charge in [-0.15, -0.1) is 0 Å². The zero-order chi connectivity index (χ0) is 20.1. The molecule has 0 saturated carbocycles. The predicted molar refractivity (Wildman–Crippen MR) is 128 cm³/mol. The van der Waals surface area contributed by atoms with Crippen molar-refractivity contribution in [1.29, 1.82) is 0 Å². The number of hydrogen-bond donors (Lipinski definition) is 0. The van der Waals surface area contributed by atoms with E-state index in [1.807, 2.05) is 41.2 Å². The third kappa shape index (κ3) is 9.45. The second-order valence-electron chi connectivity index (χ2n) is 5.89. The normalized spacial score (nSPS) is 15.2. The van der Waals surface area contributed by atoms with Gasteiger partial charge in [0.25, 0.3) is 0 Å². The molecule has 0 radical (unpaired) electrons. The van der Waals surface area contributed by atoms with Gasteiger partial charge in [-0.25, -0.2) is 0 Å². The molecule has 0 saturated heterocycles.